The minimum Gasteiger partial charge on any atom is -0.466 e. The van der Waals surface area contributed by atoms with Crippen LogP contribution in [0.5, 0.6) is 0 Å². The standard InChI is InChI=1S/C13H7ClF3N3O3S/c1-23-9(21)3-8-12(22)19-13(24-8)20-18-4-5-6(15)2-7(16)10(14)11(5)17/h2-4H,1H3,(H,19,20,22)/b8-3+,18-4?. The molecule has 1 aromatic rings. The quantitative estimate of drug-likeness (QED) is 0.219. The van der Waals surface area contributed by atoms with Crippen molar-refractivity contribution < 1.29 is 27.5 Å². The van der Waals surface area contributed by atoms with Gasteiger partial charge >= 0.3 is 5.97 Å². The van der Waals surface area contributed by atoms with Crippen LogP contribution in [0.25, 0.3) is 0 Å². The molecule has 0 atom stereocenters. The molecular formula is C13H7ClF3N3O3S. The number of rotatable bonds is 3. The first-order valence-electron chi connectivity index (χ1n) is 6.06. The molecular weight excluding hydrogens is 371 g/mol. The second-order valence-corrected chi connectivity index (χ2v) is 5.53. The van der Waals surface area contributed by atoms with Crippen molar-refractivity contribution in [3.8, 4) is 0 Å². The van der Waals surface area contributed by atoms with E-state index in [0.29, 0.717) is 12.3 Å². The Bertz CT molecular complexity index is 811. The Morgan fingerprint density at radius 2 is 2.08 bits per heavy atom. The van der Waals surface area contributed by atoms with Gasteiger partial charge in [-0.3, -0.25) is 10.1 Å². The van der Waals surface area contributed by atoms with E-state index < -0.39 is 39.9 Å². The number of ether oxygens (including phenoxy) is 1. The first-order chi connectivity index (χ1) is 11.3. The van der Waals surface area contributed by atoms with Gasteiger partial charge in [0.2, 0.25) is 0 Å². The third-order valence-electron chi connectivity index (χ3n) is 2.59. The number of carbonyl (C=O) groups excluding carboxylic acids is 2. The SMILES string of the molecule is COC(=O)/C=C1/S/C(=N\N=Cc2c(F)cc(F)c(Cl)c2F)NC1=O. The number of hydrogen-bond acceptors (Lipinski definition) is 6. The summed E-state index contributed by atoms with van der Waals surface area (Å²) in [5, 5.41) is 8.32. The second kappa shape index (κ2) is 7.49. The van der Waals surface area contributed by atoms with E-state index in [-0.39, 0.29) is 10.1 Å². The zero-order valence-electron chi connectivity index (χ0n) is 11.8. The van der Waals surface area contributed by atoms with Gasteiger partial charge < -0.3 is 4.74 Å². The van der Waals surface area contributed by atoms with Crippen molar-refractivity contribution in [3.63, 3.8) is 0 Å². The highest BCUT2D eigenvalue weighted by atomic mass is 35.5. The highest BCUT2D eigenvalue weighted by Gasteiger charge is 2.25. The van der Waals surface area contributed by atoms with Crippen LogP contribution in [0, 0.1) is 17.5 Å². The Balaban J connectivity index is 2.19. The topological polar surface area (TPSA) is 80.1 Å². The van der Waals surface area contributed by atoms with Crippen molar-refractivity contribution in [2.75, 3.05) is 7.11 Å². The van der Waals surface area contributed by atoms with Gasteiger partial charge in [0.25, 0.3) is 5.91 Å². The van der Waals surface area contributed by atoms with Crippen molar-refractivity contribution in [3.05, 3.63) is 45.1 Å². The van der Waals surface area contributed by atoms with Crippen LogP contribution in [-0.4, -0.2) is 30.4 Å². The van der Waals surface area contributed by atoms with Crippen LogP contribution in [0.2, 0.25) is 5.02 Å². The van der Waals surface area contributed by atoms with Gasteiger partial charge in [-0.25, -0.2) is 18.0 Å². The Labute approximate surface area is 142 Å². The molecule has 11 heteroatoms. The Morgan fingerprint density at radius 3 is 2.75 bits per heavy atom. The number of halogens is 4. The lowest BCUT2D eigenvalue weighted by Crippen LogP contribution is -2.19. The van der Waals surface area contributed by atoms with Crippen LogP contribution >= 0.6 is 23.4 Å². The molecule has 0 saturated carbocycles. The molecule has 6 nitrogen and oxygen atoms in total. The van der Waals surface area contributed by atoms with Gasteiger partial charge in [-0.2, -0.15) is 5.10 Å². The Morgan fingerprint density at radius 1 is 1.38 bits per heavy atom. The van der Waals surface area contributed by atoms with Crippen LogP contribution in [-0.2, 0) is 14.3 Å². The highest BCUT2D eigenvalue weighted by Crippen LogP contribution is 2.25. The van der Waals surface area contributed by atoms with E-state index in [1.807, 2.05) is 0 Å². The molecule has 1 heterocycles. The number of nitrogens with zero attached hydrogens (tertiary/aromatic N) is 2. The normalized spacial score (nSPS) is 17.8. The first-order valence-corrected chi connectivity index (χ1v) is 7.25. The fourth-order valence-electron chi connectivity index (χ4n) is 1.48. The lowest BCUT2D eigenvalue weighted by Gasteiger charge is -2.01. The summed E-state index contributed by atoms with van der Waals surface area (Å²) in [6.07, 6.45) is 1.63. The van der Waals surface area contributed by atoms with E-state index in [4.69, 9.17) is 11.6 Å². The van der Waals surface area contributed by atoms with Gasteiger partial charge in [0.1, 0.15) is 16.7 Å². The monoisotopic (exact) mass is 377 g/mol. The van der Waals surface area contributed by atoms with Crippen molar-refractivity contribution in [2.24, 2.45) is 10.2 Å². The molecule has 24 heavy (non-hydrogen) atoms. The van der Waals surface area contributed by atoms with Gasteiger partial charge in [0.15, 0.2) is 11.0 Å². The summed E-state index contributed by atoms with van der Waals surface area (Å²) in [6, 6.07) is 0.406. The van der Waals surface area contributed by atoms with E-state index >= 15 is 0 Å². The number of benzene rings is 1. The van der Waals surface area contributed by atoms with Crippen LogP contribution in [0.15, 0.2) is 27.3 Å². The largest absolute Gasteiger partial charge is 0.466 e. The van der Waals surface area contributed by atoms with Crippen molar-refractivity contribution >= 4 is 46.6 Å². The Kier molecular flexibility index (Phi) is 5.62. The van der Waals surface area contributed by atoms with Gasteiger partial charge in [0.05, 0.1) is 23.8 Å². The van der Waals surface area contributed by atoms with E-state index in [9.17, 15) is 22.8 Å². The van der Waals surface area contributed by atoms with Gasteiger partial charge in [-0.05, 0) is 11.8 Å². The summed E-state index contributed by atoms with van der Waals surface area (Å²) >= 11 is 6.11. The third kappa shape index (κ3) is 3.95. The number of nitrogens with one attached hydrogen (secondary N) is 1. The molecule has 126 valence electrons. The lowest BCUT2D eigenvalue weighted by molar-refractivity contribution is -0.135. The maximum absolute atomic E-state index is 13.6. The zero-order valence-corrected chi connectivity index (χ0v) is 13.3. The summed E-state index contributed by atoms with van der Waals surface area (Å²) < 4.78 is 44.5. The maximum Gasteiger partial charge on any atom is 0.331 e. The van der Waals surface area contributed by atoms with Crippen LogP contribution in [0.3, 0.4) is 0 Å². The van der Waals surface area contributed by atoms with Crippen molar-refractivity contribution in [2.45, 2.75) is 0 Å². The van der Waals surface area contributed by atoms with Gasteiger partial charge in [0, 0.05) is 12.1 Å². The average Bonchev–Trinajstić information content (AvgIpc) is 2.88. The van der Waals surface area contributed by atoms with E-state index in [2.05, 4.69) is 20.3 Å². The van der Waals surface area contributed by atoms with Crippen LogP contribution < -0.4 is 5.32 Å². The summed E-state index contributed by atoms with van der Waals surface area (Å²) in [4.78, 5) is 22.6. The van der Waals surface area contributed by atoms with E-state index in [0.717, 1.165) is 24.9 Å². The summed E-state index contributed by atoms with van der Waals surface area (Å²) in [5.74, 6) is -5.13. The number of hydrogen-bond donors (Lipinski definition) is 1. The van der Waals surface area contributed by atoms with Gasteiger partial charge in [-0.1, -0.05) is 11.6 Å². The number of amidine groups is 1. The Hall–Kier alpha value is -2.33. The van der Waals surface area contributed by atoms with Crippen LogP contribution in [0.4, 0.5) is 13.2 Å². The first kappa shape index (κ1) is 18.0. The molecule has 0 aliphatic carbocycles. The maximum atomic E-state index is 13.6. The molecule has 2 rings (SSSR count). The molecule has 1 fully saturated rings. The van der Waals surface area contributed by atoms with Gasteiger partial charge in [-0.15, -0.1) is 5.10 Å². The minimum absolute atomic E-state index is 0.0120. The summed E-state index contributed by atoms with van der Waals surface area (Å²) in [5.41, 5.74) is -0.689. The molecule has 0 radical (unpaired) electrons. The van der Waals surface area contributed by atoms with Crippen molar-refractivity contribution in [1.82, 2.24) is 5.32 Å². The van der Waals surface area contributed by atoms with E-state index in [1.54, 1.807) is 0 Å². The van der Waals surface area contributed by atoms with E-state index in [1.165, 1.54) is 0 Å². The average molecular weight is 378 g/mol. The number of amides is 1. The summed E-state index contributed by atoms with van der Waals surface area (Å²) in [6.45, 7) is 0. The molecule has 1 aliphatic heterocycles. The number of methoxy groups -OCH3 is 1. The predicted octanol–water partition coefficient (Wildman–Crippen LogP) is 2.37. The fraction of sp³-hybridized carbons (Fsp3) is 0.0769. The molecule has 0 bridgehead atoms. The molecule has 1 aliphatic rings. The minimum atomic E-state index is -1.33. The molecule has 1 aromatic carbocycles. The highest BCUT2D eigenvalue weighted by molar-refractivity contribution is 8.18. The number of carbonyl (C=O) groups is 2. The van der Waals surface area contributed by atoms with Crippen LogP contribution in [0.1, 0.15) is 5.56 Å². The second-order valence-electron chi connectivity index (χ2n) is 4.12. The molecule has 1 N–H and O–H groups in total. The predicted molar refractivity (Wildman–Crippen MR) is 82.2 cm³/mol. The van der Waals surface area contributed by atoms with Crippen molar-refractivity contribution in [1.29, 1.82) is 0 Å². The number of thioether (sulfide) groups is 1. The molecule has 1 amide bonds. The zero-order chi connectivity index (χ0) is 17.9. The fourth-order valence-corrected chi connectivity index (χ4v) is 2.37. The lowest BCUT2D eigenvalue weighted by atomic mass is 10.2. The molecule has 0 spiro atoms. The third-order valence-corrected chi connectivity index (χ3v) is 3.83. The summed E-state index contributed by atoms with van der Waals surface area (Å²) in [7, 11) is 1.15. The molecule has 1 saturated heterocycles. The molecule has 0 unspecified atom stereocenters. The molecule has 0 aromatic heterocycles. The number of esters is 1. The smallest absolute Gasteiger partial charge is 0.331 e.